The van der Waals surface area contributed by atoms with E-state index in [0.29, 0.717) is 0 Å². The highest BCUT2D eigenvalue weighted by Gasteiger charge is 2.38. The van der Waals surface area contributed by atoms with E-state index < -0.39 is 30.4 Å². The minimum Gasteiger partial charge on any atom is -0.527 e. The summed E-state index contributed by atoms with van der Waals surface area (Å²) in [5.74, 6) is -3.47. The van der Waals surface area contributed by atoms with Crippen LogP contribution in [0.4, 0.5) is 0 Å². The Morgan fingerprint density at radius 3 is 2.07 bits per heavy atom. The van der Waals surface area contributed by atoms with Gasteiger partial charge in [-0.2, -0.15) is 0 Å². The van der Waals surface area contributed by atoms with E-state index in [2.05, 4.69) is 9.39 Å². The lowest BCUT2D eigenvalue weighted by molar-refractivity contribution is -0.160. The van der Waals surface area contributed by atoms with Crippen LogP contribution in [0, 0.1) is 0 Å². The lowest BCUT2D eigenvalue weighted by atomic mass is 9.66. The fourth-order valence-corrected chi connectivity index (χ4v) is 1.08. The van der Waals surface area contributed by atoms with Gasteiger partial charge in [-0.05, 0) is 0 Å². The first-order chi connectivity index (χ1) is 6.54. The maximum Gasteiger partial charge on any atom is 0.415 e. The first kappa shape index (κ1) is 10.4. The number of Topliss-reactive ketones (excluding diaryl/α,β-unsaturated/α-hetero) is 2. The molecular weight excluding hydrogens is 191 g/mol. The summed E-state index contributed by atoms with van der Waals surface area (Å²) in [5, 5.41) is 0. The third-order valence-corrected chi connectivity index (χ3v) is 1.76. The van der Waals surface area contributed by atoms with Crippen molar-refractivity contribution >= 4 is 30.4 Å². The number of ketones is 2. The van der Waals surface area contributed by atoms with Gasteiger partial charge in [0.05, 0.1) is 7.11 Å². The Morgan fingerprint density at radius 2 is 1.64 bits per heavy atom. The molecule has 0 saturated carbocycles. The van der Waals surface area contributed by atoms with E-state index in [1.807, 2.05) is 0 Å². The van der Waals surface area contributed by atoms with E-state index in [9.17, 15) is 19.2 Å². The Labute approximate surface area is 79.7 Å². The van der Waals surface area contributed by atoms with Gasteiger partial charge in [-0.3, -0.25) is 9.59 Å². The van der Waals surface area contributed by atoms with Gasteiger partial charge in [-0.25, -0.2) is 9.59 Å². The van der Waals surface area contributed by atoms with Crippen molar-refractivity contribution in [2.45, 2.75) is 12.6 Å². The SMILES string of the molecule is COC(=O)C(=O)OB1CC(=O)C(=O)C1. The molecule has 7 heteroatoms. The van der Waals surface area contributed by atoms with E-state index in [1.165, 1.54) is 0 Å². The van der Waals surface area contributed by atoms with Crippen molar-refractivity contribution in [3.63, 3.8) is 0 Å². The number of hydrogen-bond acceptors (Lipinski definition) is 6. The predicted octanol–water partition coefficient (Wildman–Crippen LogP) is -1.15. The van der Waals surface area contributed by atoms with Crippen molar-refractivity contribution in [3.05, 3.63) is 0 Å². The molecular formula is C7H7BO6. The van der Waals surface area contributed by atoms with Gasteiger partial charge >= 0.3 is 18.9 Å². The molecule has 0 radical (unpaired) electrons. The zero-order valence-electron chi connectivity index (χ0n) is 7.44. The topological polar surface area (TPSA) is 86.7 Å². The quantitative estimate of drug-likeness (QED) is 0.300. The average molecular weight is 198 g/mol. The van der Waals surface area contributed by atoms with Crippen LogP contribution >= 0.6 is 0 Å². The Kier molecular flexibility index (Phi) is 3.01. The molecule has 1 rings (SSSR count). The van der Waals surface area contributed by atoms with E-state index in [-0.39, 0.29) is 12.6 Å². The van der Waals surface area contributed by atoms with Crippen molar-refractivity contribution in [3.8, 4) is 0 Å². The van der Waals surface area contributed by atoms with Gasteiger partial charge in [0.1, 0.15) is 0 Å². The van der Waals surface area contributed by atoms with Gasteiger partial charge in [0.2, 0.25) is 0 Å². The number of methoxy groups -OCH3 is 1. The van der Waals surface area contributed by atoms with Gasteiger partial charge in [0, 0.05) is 12.6 Å². The van der Waals surface area contributed by atoms with Crippen LogP contribution in [0.1, 0.15) is 0 Å². The predicted molar refractivity (Wildman–Crippen MR) is 43.5 cm³/mol. The Hall–Kier alpha value is -1.66. The second kappa shape index (κ2) is 4.04. The molecule has 1 saturated heterocycles. The second-order valence-electron chi connectivity index (χ2n) is 2.77. The van der Waals surface area contributed by atoms with Crippen LogP contribution < -0.4 is 0 Å². The molecule has 0 aromatic heterocycles. The Balaban J connectivity index is 2.47. The molecule has 0 unspecified atom stereocenters. The van der Waals surface area contributed by atoms with Crippen molar-refractivity contribution in [1.29, 1.82) is 0 Å². The zero-order chi connectivity index (χ0) is 10.7. The molecule has 1 fully saturated rings. The second-order valence-corrected chi connectivity index (χ2v) is 2.77. The summed E-state index contributed by atoms with van der Waals surface area (Å²) >= 11 is 0. The highest BCUT2D eigenvalue weighted by molar-refractivity contribution is 6.75. The Morgan fingerprint density at radius 1 is 1.14 bits per heavy atom. The van der Waals surface area contributed by atoms with Gasteiger partial charge in [0.25, 0.3) is 0 Å². The minimum absolute atomic E-state index is 0.151. The van der Waals surface area contributed by atoms with Gasteiger partial charge in [-0.15, -0.1) is 0 Å². The van der Waals surface area contributed by atoms with Crippen molar-refractivity contribution < 1.29 is 28.6 Å². The summed E-state index contributed by atoms with van der Waals surface area (Å²) in [5.41, 5.74) is 0. The number of rotatable bonds is 1. The molecule has 74 valence electrons. The molecule has 6 nitrogen and oxygen atoms in total. The normalized spacial score (nSPS) is 15.6. The zero-order valence-corrected chi connectivity index (χ0v) is 7.44. The number of hydrogen-bond donors (Lipinski definition) is 0. The van der Waals surface area contributed by atoms with E-state index >= 15 is 0 Å². The first-order valence-electron chi connectivity index (χ1n) is 3.89. The van der Waals surface area contributed by atoms with Crippen LogP contribution in [0.5, 0.6) is 0 Å². The molecule has 0 spiro atoms. The lowest BCUT2D eigenvalue weighted by Crippen LogP contribution is -2.26. The summed E-state index contributed by atoms with van der Waals surface area (Å²) in [6.45, 7) is -0.818. The molecule has 1 aliphatic heterocycles. The van der Waals surface area contributed by atoms with Crippen molar-refractivity contribution in [2.24, 2.45) is 0 Å². The van der Waals surface area contributed by atoms with Crippen LogP contribution in [0.15, 0.2) is 0 Å². The molecule has 0 aliphatic carbocycles. The molecule has 0 aromatic carbocycles. The largest absolute Gasteiger partial charge is 0.527 e. The fraction of sp³-hybridized carbons (Fsp3) is 0.429. The standard InChI is InChI=1S/C7H7BO6/c1-13-6(11)7(12)14-8-2-4(9)5(10)3-8/h2-3H2,1H3. The molecule has 0 atom stereocenters. The third kappa shape index (κ3) is 2.18. The smallest absolute Gasteiger partial charge is 0.415 e. The average Bonchev–Trinajstić information content (AvgIpc) is 2.44. The molecule has 1 aliphatic rings. The molecule has 1 heterocycles. The van der Waals surface area contributed by atoms with Crippen LogP contribution in [0.2, 0.25) is 12.6 Å². The van der Waals surface area contributed by atoms with E-state index in [1.54, 1.807) is 0 Å². The summed E-state index contributed by atoms with van der Waals surface area (Å²) in [6, 6.07) is 0. The van der Waals surface area contributed by atoms with Crippen LogP contribution in [0.25, 0.3) is 0 Å². The Bertz CT molecular complexity index is 293. The molecule has 14 heavy (non-hydrogen) atoms. The number of ether oxygens (including phenoxy) is 1. The van der Waals surface area contributed by atoms with Gasteiger partial charge in [0.15, 0.2) is 11.6 Å². The molecule has 0 aromatic rings. The number of carbonyl (C=O) groups excluding carboxylic acids is 4. The minimum atomic E-state index is -1.18. The first-order valence-corrected chi connectivity index (χ1v) is 3.89. The maximum absolute atomic E-state index is 10.8. The summed E-state index contributed by atoms with van der Waals surface area (Å²) in [4.78, 5) is 42.9. The lowest BCUT2D eigenvalue weighted by Gasteiger charge is -2.04. The van der Waals surface area contributed by atoms with Crippen molar-refractivity contribution in [1.82, 2.24) is 0 Å². The summed E-state index contributed by atoms with van der Waals surface area (Å²) < 4.78 is 8.64. The fourth-order valence-electron chi connectivity index (χ4n) is 1.08. The molecule has 0 bridgehead atoms. The summed E-state index contributed by atoms with van der Waals surface area (Å²) in [6.07, 6.45) is -0.302. The van der Waals surface area contributed by atoms with E-state index in [4.69, 9.17) is 0 Å². The van der Waals surface area contributed by atoms with Crippen LogP contribution in [-0.2, 0) is 28.6 Å². The maximum atomic E-state index is 10.8. The van der Waals surface area contributed by atoms with Crippen LogP contribution in [-0.4, -0.2) is 37.5 Å². The highest BCUT2D eigenvalue weighted by Crippen LogP contribution is 2.13. The van der Waals surface area contributed by atoms with Crippen LogP contribution in [0.3, 0.4) is 0 Å². The van der Waals surface area contributed by atoms with Gasteiger partial charge in [-0.1, -0.05) is 0 Å². The third-order valence-electron chi connectivity index (χ3n) is 1.76. The highest BCUT2D eigenvalue weighted by atomic mass is 16.6. The summed E-state index contributed by atoms with van der Waals surface area (Å²) in [7, 11) is 1.04. The van der Waals surface area contributed by atoms with Crippen molar-refractivity contribution in [2.75, 3.05) is 7.11 Å². The number of esters is 1. The van der Waals surface area contributed by atoms with Gasteiger partial charge < -0.3 is 9.39 Å². The molecule has 0 N–H and O–H groups in total. The molecule has 0 amide bonds. The van der Waals surface area contributed by atoms with E-state index in [0.717, 1.165) is 7.11 Å². The monoisotopic (exact) mass is 198 g/mol. The number of carbonyl (C=O) groups is 4.